The van der Waals surface area contributed by atoms with Crippen LogP contribution in [0, 0.1) is 27.7 Å². The molecular formula is C18H20N2O2. The van der Waals surface area contributed by atoms with Crippen LogP contribution in [0.1, 0.15) is 38.7 Å². The van der Waals surface area contributed by atoms with Crippen LogP contribution >= 0.6 is 0 Å². The lowest BCUT2D eigenvalue weighted by molar-refractivity contribution is 0.0946. The molecule has 2 N–H and O–H groups in total. The van der Waals surface area contributed by atoms with Crippen molar-refractivity contribution < 1.29 is 9.21 Å². The van der Waals surface area contributed by atoms with Gasteiger partial charge in [-0.3, -0.25) is 4.79 Å². The van der Waals surface area contributed by atoms with Crippen LogP contribution in [-0.4, -0.2) is 10.9 Å². The summed E-state index contributed by atoms with van der Waals surface area (Å²) in [5.41, 5.74) is 5.01. The fourth-order valence-corrected chi connectivity index (χ4v) is 2.71. The number of carbonyl (C=O) groups is 1. The van der Waals surface area contributed by atoms with Crippen LogP contribution in [0.25, 0.3) is 10.9 Å². The van der Waals surface area contributed by atoms with Crippen LogP contribution in [0.15, 0.2) is 28.7 Å². The number of carbonyl (C=O) groups excluding carboxylic acids is 1. The molecule has 0 aliphatic rings. The molecule has 3 rings (SSSR count). The Hall–Kier alpha value is -2.49. The van der Waals surface area contributed by atoms with Crippen molar-refractivity contribution in [1.29, 1.82) is 0 Å². The molecule has 0 saturated heterocycles. The second-order valence-electron chi connectivity index (χ2n) is 5.77. The summed E-state index contributed by atoms with van der Waals surface area (Å²) in [7, 11) is 0. The number of fused-ring (bicyclic) bond motifs is 1. The van der Waals surface area contributed by atoms with Gasteiger partial charge in [-0.2, -0.15) is 0 Å². The summed E-state index contributed by atoms with van der Waals surface area (Å²) in [6.07, 6.45) is 0. The number of aryl methyl sites for hydroxylation is 4. The van der Waals surface area contributed by atoms with Gasteiger partial charge >= 0.3 is 0 Å². The minimum Gasteiger partial charge on any atom is -0.466 e. The number of furan rings is 1. The average molecular weight is 296 g/mol. The van der Waals surface area contributed by atoms with Gasteiger partial charge in [0.2, 0.25) is 0 Å². The summed E-state index contributed by atoms with van der Waals surface area (Å²) in [6.45, 7) is 8.43. The van der Waals surface area contributed by atoms with Crippen molar-refractivity contribution in [3.05, 3.63) is 58.2 Å². The van der Waals surface area contributed by atoms with E-state index in [2.05, 4.69) is 30.2 Å². The van der Waals surface area contributed by atoms with Gasteiger partial charge in [-0.05, 0) is 57.0 Å². The van der Waals surface area contributed by atoms with Gasteiger partial charge < -0.3 is 14.7 Å². The number of benzene rings is 1. The van der Waals surface area contributed by atoms with E-state index in [4.69, 9.17) is 4.42 Å². The second-order valence-corrected chi connectivity index (χ2v) is 5.77. The first-order chi connectivity index (χ1) is 10.5. The number of hydrogen-bond donors (Lipinski definition) is 2. The highest BCUT2D eigenvalue weighted by Crippen LogP contribution is 2.22. The van der Waals surface area contributed by atoms with Gasteiger partial charge in [-0.1, -0.05) is 6.07 Å². The first kappa shape index (κ1) is 14.4. The van der Waals surface area contributed by atoms with Crippen molar-refractivity contribution in [2.75, 3.05) is 0 Å². The normalized spacial score (nSPS) is 11.1. The lowest BCUT2D eigenvalue weighted by atomic mass is 10.1. The molecular weight excluding hydrogens is 276 g/mol. The molecule has 0 radical (unpaired) electrons. The van der Waals surface area contributed by atoms with Crippen LogP contribution in [0.4, 0.5) is 0 Å². The lowest BCUT2D eigenvalue weighted by Crippen LogP contribution is -2.23. The second kappa shape index (κ2) is 5.37. The third-order valence-corrected chi connectivity index (χ3v) is 4.17. The Morgan fingerprint density at radius 2 is 1.95 bits per heavy atom. The van der Waals surface area contributed by atoms with E-state index in [1.54, 1.807) is 0 Å². The summed E-state index contributed by atoms with van der Waals surface area (Å²) in [5, 5.41) is 4.03. The van der Waals surface area contributed by atoms with Crippen LogP contribution < -0.4 is 5.32 Å². The number of nitrogens with one attached hydrogen (secondary N) is 2. The molecule has 0 spiro atoms. The van der Waals surface area contributed by atoms with E-state index < -0.39 is 0 Å². The molecule has 22 heavy (non-hydrogen) atoms. The molecule has 0 aliphatic carbocycles. The Bertz CT molecular complexity index is 855. The number of amides is 1. The molecule has 0 atom stereocenters. The van der Waals surface area contributed by atoms with E-state index in [0.29, 0.717) is 12.2 Å². The molecule has 2 heterocycles. The van der Waals surface area contributed by atoms with Crippen LogP contribution in [-0.2, 0) is 6.54 Å². The van der Waals surface area contributed by atoms with E-state index in [9.17, 15) is 4.79 Å². The maximum absolute atomic E-state index is 12.3. The molecule has 4 nitrogen and oxygen atoms in total. The standard InChI is InChI=1S/C18H20N2O2/c1-10-5-6-16-15(12(10)3)8-17(20-16)18(21)19-9-14-7-11(2)22-13(14)4/h5-8,20H,9H2,1-4H3,(H,19,21). The molecule has 0 unspecified atom stereocenters. The number of hydrogen-bond acceptors (Lipinski definition) is 2. The molecule has 3 aromatic rings. The van der Waals surface area contributed by atoms with Gasteiger partial charge in [0, 0.05) is 23.0 Å². The Morgan fingerprint density at radius 3 is 2.64 bits per heavy atom. The zero-order chi connectivity index (χ0) is 15.9. The fraction of sp³-hybridized carbons (Fsp3) is 0.278. The van der Waals surface area contributed by atoms with E-state index in [1.165, 1.54) is 11.1 Å². The van der Waals surface area contributed by atoms with Crippen LogP contribution in [0.2, 0.25) is 0 Å². The maximum Gasteiger partial charge on any atom is 0.267 e. The Labute approximate surface area is 129 Å². The zero-order valence-corrected chi connectivity index (χ0v) is 13.3. The maximum atomic E-state index is 12.3. The average Bonchev–Trinajstić information content (AvgIpc) is 3.04. The highest BCUT2D eigenvalue weighted by Gasteiger charge is 2.12. The van der Waals surface area contributed by atoms with Crippen molar-refractivity contribution in [1.82, 2.24) is 10.3 Å². The summed E-state index contributed by atoms with van der Waals surface area (Å²) in [5.74, 6) is 1.60. The molecule has 114 valence electrons. The minimum atomic E-state index is -0.105. The van der Waals surface area contributed by atoms with Crippen molar-refractivity contribution in [2.45, 2.75) is 34.2 Å². The smallest absolute Gasteiger partial charge is 0.267 e. The summed E-state index contributed by atoms with van der Waals surface area (Å²) < 4.78 is 5.47. The molecule has 2 aromatic heterocycles. The van der Waals surface area contributed by atoms with Crippen molar-refractivity contribution in [2.24, 2.45) is 0 Å². The number of aromatic nitrogens is 1. The molecule has 1 amide bonds. The highest BCUT2D eigenvalue weighted by molar-refractivity contribution is 5.99. The van der Waals surface area contributed by atoms with Gasteiger partial charge in [-0.25, -0.2) is 0 Å². The molecule has 4 heteroatoms. The first-order valence-electron chi connectivity index (χ1n) is 7.38. The largest absolute Gasteiger partial charge is 0.466 e. The van der Waals surface area contributed by atoms with E-state index >= 15 is 0 Å². The predicted molar refractivity (Wildman–Crippen MR) is 87.1 cm³/mol. The monoisotopic (exact) mass is 296 g/mol. The van der Waals surface area contributed by atoms with Crippen molar-refractivity contribution in [3.8, 4) is 0 Å². The number of rotatable bonds is 3. The fourth-order valence-electron chi connectivity index (χ4n) is 2.71. The predicted octanol–water partition coefficient (Wildman–Crippen LogP) is 3.92. The number of H-pyrrole nitrogens is 1. The lowest BCUT2D eigenvalue weighted by Gasteiger charge is -2.02. The Kier molecular flexibility index (Phi) is 3.53. The quantitative estimate of drug-likeness (QED) is 0.769. The van der Waals surface area contributed by atoms with E-state index in [1.807, 2.05) is 32.0 Å². The first-order valence-corrected chi connectivity index (χ1v) is 7.38. The van der Waals surface area contributed by atoms with Crippen molar-refractivity contribution in [3.63, 3.8) is 0 Å². The molecule has 0 bridgehead atoms. The third kappa shape index (κ3) is 2.52. The Balaban J connectivity index is 1.80. The van der Waals surface area contributed by atoms with Crippen LogP contribution in [0.5, 0.6) is 0 Å². The van der Waals surface area contributed by atoms with Crippen LogP contribution in [0.3, 0.4) is 0 Å². The minimum absolute atomic E-state index is 0.105. The summed E-state index contributed by atoms with van der Waals surface area (Å²) in [6, 6.07) is 7.94. The van der Waals surface area contributed by atoms with Gasteiger partial charge in [0.25, 0.3) is 5.91 Å². The molecule has 0 fully saturated rings. The zero-order valence-electron chi connectivity index (χ0n) is 13.3. The summed E-state index contributed by atoms with van der Waals surface area (Å²) >= 11 is 0. The van der Waals surface area contributed by atoms with E-state index in [-0.39, 0.29) is 5.91 Å². The van der Waals surface area contributed by atoms with Crippen molar-refractivity contribution >= 4 is 16.8 Å². The van der Waals surface area contributed by atoms with Gasteiger partial charge in [0.1, 0.15) is 17.2 Å². The van der Waals surface area contributed by atoms with Gasteiger partial charge in [0.15, 0.2) is 0 Å². The summed E-state index contributed by atoms with van der Waals surface area (Å²) in [4.78, 5) is 15.5. The molecule has 1 aromatic carbocycles. The molecule has 0 saturated carbocycles. The highest BCUT2D eigenvalue weighted by atomic mass is 16.3. The van der Waals surface area contributed by atoms with Gasteiger partial charge in [-0.15, -0.1) is 0 Å². The third-order valence-electron chi connectivity index (χ3n) is 4.17. The van der Waals surface area contributed by atoms with E-state index in [0.717, 1.165) is 28.0 Å². The molecule has 0 aliphatic heterocycles. The Morgan fingerprint density at radius 1 is 1.18 bits per heavy atom. The number of aromatic amines is 1. The van der Waals surface area contributed by atoms with Gasteiger partial charge in [0.05, 0.1) is 0 Å². The topological polar surface area (TPSA) is 58.0 Å². The SMILES string of the molecule is Cc1cc(CNC(=O)c2cc3c(C)c(C)ccc3[nH]2)c(C)o1.